The fraction of sp³-hybridized carbons (Fsp3) is 0.542. The summed E-state index contributed by atoms with van der Waals surface area (Å²) in [5.74, 6) is 1.29. The summed E-state index contributed by atoms with van der Waals surface area (Å²) in [5, 5.41) is 20.8. The van der Waals surface area contributed by atoms with E-state index in [0.717, 1.165) is 43.2 Å². The maximum atomic E-state index is 12.9. The van der Waals surface area contributed by atoms with Gasteiger partial charge in [0.05, 0.1) is 5.56 Å². The summed E-state index contributed by atoms with van der Waals surface area (Å²) in [6, 6.07) is 8.23. The summed E-state index contributed by atoms with van der Waals surface area (Å²) in [6.45, 7) is 2.03. The summed E-state index contributed by atoms with van der Waals surface area (Å²) < 4.78 is 5.84. The van der Waals surface area contributed by atoms with Crippen molar-refractivity contribution < 1.29 is 14.6 Å². The molecule has 2 aliphatic rings. The minimum Gasteiger partial charge on any atom is -0.507 e. The van der Waals surface area contributed by atoms with Gasteiger partial charge in [-0.25, -0.2) is 4.79 Å². The predicted molar refractivity (Wildman–Crippen MR) is 109 cm³/mol. The Balaban J connectivity index is 1.76. The van der Waals surface area contributed by atoms with Gasteiger partial charge in [0.2, 0.25) is 0 Å². The third kappa shape index (κ3) is 3.75. The Hall–Kier alpha value is -2.07. The molecule has 2 aromatic rings. The van der Waals surface area contributed by atoms with Crippen molar-refractivity contribution in [1.29, 1.82) is 0 Å². The van der Waals surface area contributed by atoms with Gasteiger partial charge < -0.3 is 14.6 Å². The molecular weight excluding hydrogens is 352 g/mol. The molecule has 2 unspecified atom stereocenters. The highest BCUT2D eigenvalue weighted by Crippen LogP contribution is 2.43. The second kappa shape index (κ2) is 8.12. The van der Waals surface area contributed by atoms with E-state index >= 15 is 0 Å². The second-order valence-corrected chi connectivity index (χ2v) is 8.58. The number of rotatable bonds is 5. The van der Waals surface area contributed by atoms with Gasteiger partial charge in [0.15, 0.2) is 0 Å². The summed E-state index contributed by atoms with van der Waals surface area (Å²) in [4.78, 5) is 12.9. The van der Waals surface area contributed by atoms with Crippen LogP contribution in [-0.2, 0) is 12.8 Å². The first-order valence-corrected chi connectivity index (χ1v) is 10.7. The van der Waals surface area contributed by atoms with Crippen molar-refractivity contribution in [2.24, 2.45) is 5.92 Å². The highest BCUT2D eigenvalue weighted by Gasteiger charge is 2.31. The molecule has 1 aromatic carbocycles. The molecule has 2 N–H and O–H groups in total. The Morgan fingerprint density at radius 1 is 1.14 bits per heavy atom. The average Bonchev–Trinajstić information content (AvgIpc) is 3.52. The molecule has 1 fully saturated rings. The quantitative estimate of drug-likeness (QED) is 0.790. The molecule has 4 rings (SSSR count). The zero-order valence-electron chi connectivity index (χ0n) is 16.6. The average molecular weight is 383 g/mol. The van der Waals surface area contributed by atoms with Gasteiger partial charge in [-0.1, -0.05) is 44.0 Å². The van der Waals surface area contributed by atoms with Crippen LogP contribution in [0.25, 0.3) is 0 Å². The van der Waals surface area contributed by atoms with Crippen LogP contribution in [0.3, 0.4) is 0 Å². The van der Waals surface area contributed by atoms with Crippen molar-refractivity contribution in [3.63, 3.8) is 0 Å². The van der Waals surface area contributed by atoms with E-state index in [9.17, 15) is 15.0 Å². The predicted octanol–water partition coefficient (Wildman–Crippen LogP) is 4.64. The third-order valence-electron chi connectivity index (χ3n) is 6.51. The SMILES string of the molecule is CC(CO)C1CCCCCc2c1oc(=O)c(Cc1ccccc1C1CC1)c2O. The van der Waals surface area contributed by atoms with Crippen LogP contribution in [0.4, 0.5) is 0 Å². The van der Waals surface area contributed by atoms with Crippen molar-refractivity contribution in [2.45, 2.75) is 70.1 Å². The molecule has 0 saturated heterocycles. The number of aliphatic hydroxyl groups is 1. The van der Waals surface area contributed by atoms with E-state index < -0.39 is 5.63 Å². The van der Waals surface area contributed by atoms with Crippen LogP contribution in [0.5, 0.6) is 5.75 Å². The van der Waals surface area contributed by atoms with E-state index in [1.165, 1.54) is 18.4 Å². The van der Waals surface area contributed by atoms with Gasteiger partial charge in [0, 0.05) is 24.5 Å². The number of aromatic hydroxyl groups is 1. The number of aliphatic hydroxyl groups excluding tert-OH is 1. The third-order valence-corrected chi connectivity index (χ3v) is 6.51. The molecule has 4 heteroatoms. The van der Waals surface area contributed by atoms with Gasteiger partial charge in [0.25, 0.3) is 0 Å². The Labute approximate surface area is 166 Å². The minimum absolute atomic E-state index is 0.000780. The molecular formula is C24H30O4. The summed E-state index contributed by atoms with van der Waals surface area (Å²) in [5.41, 5.74) is 3.13. The molecule has 150 valence electrons. The molecule has 1 saturated carbocycles. The van der Waals surface area contributed by atoms with Gasteiger partial charge >= 0.3 is 5.63 Å². The smallest absolute Gasteiger partial charge is 0.343 e. The van der Waals surface area contributed by atoms with Crippen molar-refractivity contribution >= 4 is 0 Å². The van der Waals surface area contributed by atoms with Gasteiger partial charge in [-0.2, -0.15) is 0 Å². The Morgan fingerprint density at radius 2 is 1.93 bits per heavy atom. The highest BCUT2D eigenvalue weighted by molar-refractivity contribution is 5.46. The highest BCUT2D eigenvalue weighted by atomic mass is 16.4. The molecule has 0 amide bonds. The van der Waals surface area contributed by atoms with Crippen molar-refractivity contribution in [2.75, 3.05) is 6.61 Å². The molecule has 28 heavy (non-hydrogen) atoms. The molecule has 2 aliphatic carbocycles. The lowest BCUT2D eigenvalue weighted by Gasteiger charge is -2.26. The second-order valence-electron chi connectivity index (χ2n) is 8.58. The summed E-state index contributed by atoms with van der Waals surface area (Å²) >= 11 is 0. The van der Waals surface area contributed by atoms with Gasteiger partial charge in [-0.05, 0) is 55.1 Å². The van der Waals surface area contributed by atoms with Crippen molar-refractivity contribution in [1.82, 2.24) is 0 Å². The molecule has 0 bridgehead atoms. The van der Waals surface area contributed by atoms with E-state index in [1.807, 2.05) is 19.1 Å². The zero-order chi connectivity index (χ0) is 19.7. The molecule has 1 heterocycles. The largest absolute Gasteiger partial charge is 0.507 e. The number of fused-ring (bicyclic) bond motifs is 1. The zero-order valence-corrected chi connectivity index (χ0v) is 16.6. The summed E-state index contributed by atoms with van der Waals surface area (Å²) in [6.07, 6.45) is 7.52. The van der Waals surface area contributed by atoms with Gasteiger partial charge in [-0.3, -0.25) is 0 Å². The van der Waals surface area contributed by atoms with Crippen LogP contribution < -0.4 is 5.63 Å². The lowest BCUT2D eigenvalue weighted by atomic mass is 9.81. The van der Waals surface area contributed by atoms with E-state index in [4.69, 9.17) is 4.42 Å². The first-order chi connectivity index (χ1) is 13.6. The Kier molecular flexibility index (Phi) is 5.58. The van der Waals surface area contributed by atoms with Crippen molar-refractivity contribution in [3.05, 3.63) is 62.7 Å². The van der Waals surface area contributed by atoms with Crippen molar-refractivity contribution in [3.8, 4) is 5.75 Å². The van der Waals surface area contributed by atoms with E-state index in [-0.39, 0.29) is 24.2 Å². The first-order valence-electron chi connectivity index (χ1n) is 10.7. The van der Waals surface area contributed by atoms with E-state index in [0.29, 0.717) is 23.7 Å². The standard InChI is InChI=1S/C24H30O4/c1-15(14-25)18-8-3-2-4-10-20-22(26)21(24(27)28-23(18)20)13-17-7-5-6-9-19(17)16-11-12-16/h5-7,9,15-16,18,25-26H,2-4,8,10-14H2,1H3. The number of benzene rings is 1. The van der Waals surface area contributed by atoms with Crippen LogP contribution in [-0.4, -0.2) is 16.8 Å². The monoisotopic (exact) mass is 382 g/mol. The topological polar surface area (TPSA) is 70.7 Å². The Bertz CT molecular complexity index is 894. The van der Waals surface area contributed by atoms with Gasteiger partial charge in [0.1, 0.15) is 11.5 Å². The number of hydrogen-bond donors (Lipinski definition) is 2. The van der Waals surface area contributed by atoms with E-state index in [2.05, 4.69) is 12.1 Å². The lowest BCUT2D eigenvalue weighted by molar-refractivity contribution is 0.193. The van der Waals surface area contributed by atoms with Crippen LogP contribution in [0.1, 0.15) is 85.3 Å². The van der Waals surface area contributed by atoms with Gasteiger partial charge in [-0.15, -0.1) is 0 Å². The molecule has 0 aliphatic heterocycles. The number of hydrogen-bond acceptors (Lipinski definition) is 4. The molecule has 4 nitrogen and oxygen atoms in total. The Morgan fingerprint density at radius 3 is 2.68 bits per heavy atom. The first kappa shape index (κ1) is 19.3. The summed E-state index contributed by atoms with van der Waals surface area (Å²) in [7, 11) is 0. The van der Waals surface area contributed by atoms with Crippen LogP contribution in [0.2, 0.25) is 0 Å². The lowest BCUT2D eigenvalue weighted by Crippen LogP contribution is -2.21. The maximum Gasteiger partial charge on any atom is 0.343 e. The molecule has 0 spiro atoms. The molecule has 0 radical (unpaired) electrons. The molecule has 1 aromatic heterocycles. The normalized spacial score (nSPS) is 20.9. The van der Waals surface area contributed by atoms with Crippen LogP contribution in [0, 0.1) is 5.92 Å². The van der Waals surface area contributed by atoms with Crippen LogP contribution in [0.15, 0.2) is 33.5 Å². The fourth-order valence-corrected chi connectivity index (χ4v) is 4.64. The molecule has 2 atom stereocenters. The maximum absolute atomic E-state index is 12.9. The fourth-order valence-electron chi connectivity index (χ4n) is 4.64. The van der Waals surface area contributed by atoms with E-state index in [1.54, 1.807) is 0 Å². The minimum atomic E-state index is -0.433. The van der Waals surface area contributed by atoms with Crippen LogP contribution >= 0.6 is 0 Å².